The van der Waals surface area contributed by atoms with E-state index in [4.69, 9.17) is 28.0 Å². The van der Waals surface area contributed by atoms with Crippen LogP contribution < -0.4 is 0 Å². The summed E-state index contributed by atoms with van der Waals surface area (Å²) in [5.74, 6) is -7.53. The van der Waals surface area contributed by atoms with Gasteiger partial charge >= 0.3 is 25.5 Å². The Hall–Kier alpha value is -4.76. The molecule has 286 valence electrons. The molecule has 1 fully saturated rings. The van der Waals surface area contributed by atoms with Gasteiger partial charge in [-0.15, -0.1) is 0 Å². The maximum atomic E-state index is 16.1. The van der Waals surface area contributed by atoms with Crippen molar-refractivity contribution < 1.29 is 60.1 Å². The summed E-state index contributed by atoms with van der Waals surface area (Å²) in [5, 5.41) is 13.5. The fourth-order valence-electron chi connectivity index (χ4n) is 6.17. The van der Waals surface area contributed by atoms with Gasteiger partial charge in [-0.1, -0.05) is 19.9 Å². The van der Waals surface area contributed by atoms with Crippen molar-refractivity contribution in [3.8, 4) is 6.07 Å². The van der Waals surface area contributed by atoms with Gasteiger partial charge in [-0.05, 0) is 11.6 Å². The van der Waals surface area contributed by atoms with Crippen LogP contribution in [0.25, 0.3) is 0 Å². The number of esters is 3. The number of ether oxygens (including phenoxy) is 4. The number of benzene rings is 1. The lowest BCUT2D eigenvalue weighted by molar-refractivity contribution is -0.269. The van der Waals surface area contributed by atoms with E-state index in [1.807, 2.05) is 6.07 Å². The van der Waals surface area contributed by atoms with Gasteiger partial charge in [-0.2, -0.15) is 10.4 Å². The van der Waals surface area contributed by atoms with Crippen LogP contribution in [-0.4, -0.2) is 86.6 Å². The van der Waals surface area contributed by atoms with Crippen LogP contribution in [0.1, 0.15) is 58.2 Å². The first-order chi connectivity index (χ1) is 25.1. The van der Waals surface area contributed by atoms with Crippen LogP contribution in [-0.2, 0) is 58.9 Å². The smallest absolute Gasteiger partial charge is 0.334 e. The molecule has 1 aromatic carbocycles. The number of nitrogens with zero attached hydrogens (tertiary/aromatic N) is 6. The zero-order valence-corrected chi connectivity index (χ0v) is 30.3. The van der Waals surface area contributed by atoms with Gasteiger partial charge in [-0.25, -0.2) is 28.1 Å². The number of nitriles is 1. The molecule has 7 unspecified atom stereocenters. The number of hydrogen-bond donors (Lipinski definition) is 0. The number of halogens is 3. The summed E-state index contributed by atoms with van der Waals surface area (Å²) in [4.78, 5) is 47.9. The number of rotatable bonds is 16. The predicted molar refractivity (Wildman–Crippen MR) is 174 cm³/mol. The Morgan fingerprint density at radius 2 is 1.77 bits per heavy atom. The van der Waals surface area contributed by atoms with Crippen LogP contribution in [0.4, 0.5) is 13.2 Å². The van der Waals surface area contributed by atoms with Crippen molar-refractivity contribution in [3.05, 3.63) is 72.1 Å². The van der Waals surface area contributed by atoms with Crippen LogP contribution in [0, 0.1) is 34.7 Å². The van der Waals surface area contributed by atoms with Crippen molar-refractivity contribution in [3.63, 3.8) is 0 Å². The second-order valence-corrected chi connectivity index (χ2v) is 14.3. The number of carbonyl (C=O) groups is 3. The Morgan fingerprint density at radius 3 is 2.38 bits per heavy atom. The maximum Gasteiger partial charge on any atom is 0.334 e. The Bertz CT molecular complexity index is 1850. The molecule has 4 rings (SSSR count). The second kappa shape index (κ2) is 17.8. The van der Waals surface area contributed by atoms with Crippen LogP contribution >= 0.6 is 7.60 Å². The van der Waals surface area contributed by atoms with E-state index in [1.54, 1.807) is 0 Å². The lowest BCUT2D eigenvalue weighted by Crippen LogP contribution is -2.58. The summed E-state index contributed by atoms with van der Waals surface area (Å²) in [6, 6.07) is 4.53. The fraction of sp³-hybridized carbons (Fsp3) is 0.515. The SMILES string of the molecule is CC(=O)OCC1OC(OP(=O)(C[C@@](Cn2cncn2)(c2ccc(F)cc2F)C(C)c2ncncc2F)OCCC#N)C(C)C(OC(C)=O)C1OC(C)=O. The van der Waals surface area contributed by atoms with Gasteiger partial charge in [0.05, 0.1) is 43.7 Å². The van der Waals surface area contributed by atoms with Crippen molar-refractivity contribution in [1.82, 2.24) is 24.7 Å². The van der Waals surface area contributed by atoms with Crippen LogP contribution in [0.15, 0.2) is 43.4 Å². The normalized spacial score (nSPS) is 22.7. The van der Waals surface area contributed by atoms with E-state index in [9.17, 15) is 24.0 Å². The molecule has 1 saturated heterocycles. The van der Waals surface area contributed by atoms with E-state index in [2.05, 4.69) is 20.1 Å². The minimum atomic E-state index is -4.77. The van der Waals surface area contributed by atoms with E-state index in [1.165, 1.54) is 31.2 Å². The average Bonchev–Trinajstić information content (AvgIpc) is 3.59. The molecule has 0 bridgehead atoms. The second-order valence-electron chi connectivity index (χ2n) is 12.3. The molecule has 53 heavy (non-hydrogen) atoms. The molecular weight excluding hydrogens is 728 g/mol. The summed E-state index contributed by atoms with van der Waals surface area (Å²) in [6.45, 7) is 4.88. The van der Waals surface area contributed by atoms with Crippen molar-refractivity contribution in [2.24, 2.45) is 5.92 Å². The number of aromatic nitrogens is 5. The number of hydrogen-bond acceptors (Lipinski definition) is 15. The van der Waals surface area contributed by atoms with E-state index >= 15 is 13.3 Å². The first-order valence-corrected chi connectivity index (χ1v) is 18.0. The van der Waals surface area contributed by atoms with Crippen LogP contribution in [0.2, 0.25) is 0 Å². The Balaban J connectivity index is 1.91. The molecule has 0 spiro atoms. The minimum Gasteiger partial charge on any atom is -0.463 e. The van der Waals surface area contributed by atoms with Gasteiger partial charge < -0.3 is 23.5 Å². The highest BCUT2D eigenvalue weighted by Gasteiger charge is 2.54. The quantitative estimate of drug-likeness (QED) is 0.0869. The predicted octanol–water partition coefficient (Wildman–Crippen LogP) is 4.15. The molecule has 3 heterocycles. The van der Waals surface area contributed by atoms with Gasteiger partial charge in [0.15, 0.2) is 18.2 Å². The average molecular weight is 767 g/mol. The maximum absolute atomic E-state index is 16.1. The van der Waals surface area contributed by atoms with Crippen LogP contribution in [0.3, 0.4) is 0 Å². The van der Waals surface area contributed by atoms with Gasteiger partial charge in [0.1, 0.15) is 49.4 Å². The highest BCUT2D eigenvalue weighted by atomic mass is 31.2. The van der Waals surface area contributed by atoms with Gasteiger partial charge in [-0.3, -0.25) is 28.2 Å². The molecule has 0 N–H and O–H groups in total. The van der Waals surface area contributed by atoms with E-state index in [-0.39, 0.29) is 24.2 Å². The summed E-state index contributed by atoms with van der Waals surface area (Å²) in [6.07, 6.45) is -2.31. The highest BCUT2D eigenvalue weighted by Crippen LogP contribution is 2.59. The van der Waals surface area contributed by atoms with Gasteiger partial charge in [0.25, 0.3) is 0 Å². The first kappa shape index (κ1) is 41.0. The molecule has 3 aromatic rings. The molecule has 8 atom stereocenters. The Kier molecular flexibility index (Phi) is 13.8. The fourth-order valence-corrected chi connectivity index (χ4v) is 8.56. The molecule has 2 aromatic heterocycles. The van der Waals surface area contributed by atoms with E-state index in [0.29, 0.717) is 6.07 Å². The number of carbonyl (C=O) groups excluding carboxylic acids is 3. The van der Waals surface area contributed by atoms with Crippen LogP contribution in [0.5, 0.6) is 0 Å². The molecular formula is C33H38F3N6O10P. The van der Waals surface area contributed by atoms with Crippen molar-refractivity contribution >= 4 is 25.5 Å². The molecule has 1 aliphatic heterocycles. The third-order valence-corrected chi connectivity index (χ3v) is 10.6. The molecule has 0 amide bonds. The molecule has 20 heteroatoms. The van der Waals surface area contributed by atoms with Gasteiger partial charge in [0, 0.05) is 44.1 Å². The summed E-state index contributed by atoms with van der Waals surface area (Å²) in [7, 11) is -4.77. The third-order valence-electron chi connectivity index (χ3n) is 8.56. The zero-order valence-electron chi connectivity index (χ0n) is 29.4. The molecule has 0 saturated carbocycles. The van der Waals surface area contributed by atoms with Gasteiger partial charge in [0.2, 0.25) is 0 Å². The lowest BCUT2D eigenvalue weighted by atomic mass is 9.70. The van der Waals surface area contributed by atoms with Crippen molar-refractivity contribution in [2.45, 2.75) is 83.5 Å². The Morgan fingerprint density at radius 1 is 1.06 bits per heavy atom. The largest absolute Gasteiger partial charge is 0.463 e. The van der Waals surface area contributed by atoms with E-state index < -0.39 is 104 Å². The first-order valence-electron chi connectivity index (χ1n) is 16.2. The molecule has 0 aliphatic carbocycles. The van der Waals surface area contributed by atoms with E-state index in [0.717, 1.165) is 45.4 Å². The zero-order chi connectivity index (χ0) is 38.9. The minimum absolute atomic E-state index is 0.240. The third kappa shape index (κ3) is 10.2. The lowest BCUT2D eigenvalue weighted by Gasteiger charge is -2.45. The molecule has 1 aliphatic rings. The summed E-state index contributed by atoms with van der Waals surface area (Å²) >= 11 is 0. The highest BCUT2D eigenvalue weighted by molar-refractivity contribution is 7.54. The molecule has 16 nitrogen and oxygen atoms in total. The van der Waals surface area contributed by atoms with Crippen molar-refractivity contribution in [2.75, 3.05) is 19.4 Å². The monoisotopic (exact) mass is 766 g/mol. The topological polar surface area (TPSA) is 204 Å². The van der Waals surface area contributed by atoms with Crippen molar-refractivity contribution in [1.29, 1.82) is 5.26 Å². The standard InChI is InChI=1S/C33H38F3N6O10P/c1-19-30(49-22(4)44)31(50-23(5)45)28(13-47-21(3)43)51-32(19)52-53(46,48-10-6-9-37)15-33(14-42-18-39-17-41-42,25-8-7-24(34)11-26(25)35)20(2)29-27(36)12-38-16-40-29/h7-8,11-12,16-20,28,30-32H,6,10,13-15H2,1-5H3/t19?,20?,28?,30?,31?,32?,33-,53?/m1/s1. The summed E-state index contributed by atoms with van der Waals surface area (Å²) < 4.78 is 96.7. The molecule has 0 radical (unpaired) electrons. The Labute approximate surface area is 302 Å². The summed E-state index contributed by atoms with van der Waals surface area (Å²) in [5.41, 5.74) is -2.41.